The van der Waals surface area contributed by atoms with E-state index in [0.717, 1.165) is 28.8 Å². The SMILES string of the molecule is CCC1=Cc2ncc(CO)cc2CC1=O. The molecule has 0 radical (unpaired) electrons. The van der Waals surface area contributed by atoms with E-state index < -0.39 is 0 Å². The van der Waals surface area contributed by atoms with Crippen LogP contribution >= 0.6 is 0 Å². The third kappa shape index (κ3) is 1.83. The van der Waals surface area contributed by atoms with Gasteiger partial charge in [-0.25, -0.2) is 0 Å². The smallest absolute Gasteiger partial charge is 0.163 e. The highest BCUT2D eigenvalue weighted by atomic mass is 16.3. The quantitative estimate of drug-likeness (QED) is 0.792. The molecule has 1 heterocycles. The van der Waals surface area contributed by atoms with Gasteiger partial charge < -0.3 is 5.11 Å². The molecule has 0 fully saturated rings. The Labute approximate surface area is 88.5 Å². The Morgan fingerprint density at radius 2 is 2.33 bits per heavy atom. The lowest BCUT2D eigenvalue weighted by atomic mass is 9.92. The molecule has 0 atom stereocenters. The number of pyridine rings is 1. The van der Waals surface area contributed by atoms with Crippen molar-refractivity contribution in [2.24, 2.45) is 0 Å². The zero-order chi connectivity index (χ0) is 10.8. The van der Waals surface area contributed by atoms with Crippen molar-refractivity contribution in [2.45, 2.75) is 26.4 Å². The Kier molecular flexibility index (Phi) is 2.64. The lowest BCUT2D eigenvalue weighted by Crippen LogP contribution is -2.13. The van der Waals surface area contributed by atoms with Crippen LogP contribution in [0.25, 0.3) is 6.08 Å². The van der Waals surface area contributed by atoms with E-state index in [9.17, 15) is 4.79 Å². The molecule has 3 nitrogen and oxygen atoms in total. The second-order valence-electron chi connectivity index (χ2n) is 3.67. The molecule has 2 rings (SSSR count). The summed E-state index contributed by atoms with van der Waals surface area (Å²) in [6.45, 7) is 1.94. The highest BCUT2D eigenvalue weighted by Gasteiger charge is 2.18. The normalized spacial score (nSPS) is 14.8. The van der Waals surface area contributed by atoms with E-state index >= 15 is 0 Å². The zero-order valence-corrected chi connectivity index (χ0v) is 8.66. The van der Waals surface area contributed by atoms with Crippen LogP contribution in [0.4, 0.5) is 0 Å². The van der Waals surface area contributed by atoms with Crippen molar-refractivity contribution in [3.8, 4) is 0 Å². The summed E-state index contributed by atoms with van der Waals surface area (Å²) in [4.78, 5) is 15.9. The Morgan fingerprint density at radius 1 is 1.53 bits per heavy atom. The van der Waals surface area contributed by atoms with Gasteiger partial charge in [0.15, 0.2) is 5.78 Å². The minimum atomic E-state index is -0.0289. The summed E-state index contributed by atoms with van der Waals surface area (Å²) in [5.41, 5.74) is 3.38. The van der Waals surface area contributed by atoms with Crippen LogP contribution in [0.5, 0.6) is 0 Å². The zero-order valence-electron chi connectivity index (χ0n) is 8.66. The average molecular weight is 203 g/mol. The lowest BCUT2D eigenvalue weighted by molar-refractivity contribution is -0.115. The molecule has 0 unspecified atom stereocenters. The van der Waals surface area contributed by atoms with Crippen molar-refractivity contribution in [1.29, 1.82) is 0 Å². The van der Waals surface area contributed by atoms with E-state index in [0.29, 0.717) is 6.42 Å². The number of hydrogen-bond acceptors (Lipinski definition) is 3. The first-order valence-corrected chi connectivity index (χ1v) is 5.07. The van der Waals surface area contributed by atoms with Crippen LogP contribution in [-0.4, -0.2) is 15.9 Å². The lowest BCUT2D eigenvalue weighted by Gasteiger charge is -2.14. The predicted octanol–water partition coefficient (Wildman–Crippen LogP) is 1.49. The van der Waals surface area contributed by atoms with Crippen LogP contribution in [0.1, 0.15) is 30.2 Å². The fourth-order valence-electron chi connectivity index (χ4n) is 1.76. The summed E-state index contributed by atoms with van der Waals surface area (Å²) in [5.74, 6) is 0.168. The van der Waals surface area contributed by atoms with Crippen LogP contribution in [0, 0.1) is 0 Å². The van der Waals surface area contributed by atoms with Gasteiger partial charge in [0.05, 0.1) is 12.3 Å². The second kappa shape index (κ2) is 3.95. The predicted molar refractivity (Wildman–Crippen MR) is 57.1 cm³/mol. The second-order valence-corrected chi connectivity index (χ2v) is 3.67. The standard InChI is InChI=1S/C12H13NO2/c1-2-9-4-11-10(5-12(9)15)3-8(7-14)6-13-11/h3-4,6,14H,2,5,7H2,1H3. The summed E-state index contributed by atoms with van der Waals surface area (Å²) in [6, 6.07) is 1.85. The van der Waals surface area contributed by atoms with Gasteiger partial charge in [0.2, 0.25) is 0 Å². The Morgan fingerprint density at radius 3 is 3.00 bits per heavy atom. The molecule has 0 amide bonds. The molecule has 1 aliphatic carbocycles. The number of fused-ring (bicyclic) bond motifs is 1. The molecule has 0 bridgehead atoms. The molecule has 15 heavy (non-hydrogen) atoms. The van der Waals surface area contributed by atoms with Gasteiger partial charge in [-0.3, -0.25) is 9.78 Å². The fraction of sp³-hybridized carbons (Fsp3) is 0.333. The molecule has 0 saturated heterocycles. The molecule has 1 aliphatic rings. The summed E-state index contributed by atoms with van der Waals surface area (Å²) in [6.07, 6.45) is 4.66. The van der Waals surface area contributed by atoms with E-state index in [2.05, 4.69) is 4.98 Å². The van der Waals surface area contributed by atoms with Crippen molar-refractivity contribution >= 4 is 11.9 Å². The first-order chi connectivity index (χ1) is 7.24. The van der Waals surface area contributed by atoms with E-state index in [1.165, 1.54) is 0 Å². The average Bonchev–Trinajstić information content (AvgIpc) is 2.27. The highest BCUT2D eigenvalue weighted by molar-refractivity contribution is 6.03. The number of rotatable bonds is 2. The van der Waals surface area contributed by atoms with Crippen LogP contribution in [0.2, 0.25) is 0 Å². The van der Waals surface area contributed by atoms with Crippen molar-refractivity contribution in [3.05, 3.63) is 34.7 Å². The molecule has 1 aromatic rings. The molecule has 78 valence electrons. The number of carbonyl (C=O) groups excluding carboxylic acids is 1. The van der Waals surface area contributed by atoms with Crippen LogP contribution in [-0.2, 0) is 17.8 Å². The largest absolute Gasteiger partial charge is 0.392 e. The number of Topliss-reactive ketones (excluding diaryl/α,β-unsaturated/α-hetero) is 1. The van der Waals surface area contributed by atoms with E-state index in [1.807, 2.05) is 19.1 Å². The van der Waals surface area contributed by atoms with E-state index in [1.54, 1.807) is 6.20 Å². The topological polar surface area (TPSA) is 50.2 Å². The summed E-state index contributed by atoms with van der Waals surface area (Å²) in [7, 11) is 0. The number of nitrogens with zero attached hydrogens (tertiary/aromatic N) is 1. The Bertz CT molecular complexity index is 435. The number of allylic oxidation sites excluding steroid dienone is 1. The first-order valence-electron chi connectivity index (χ1n) is 5.07. The van der Waals surface area contributed by atoms with Crippen LogP contribution < -0.4 is 0 Å². The third-order valence-electron chi connectivity index (χ3n) is 2.64. The van der Waals surface area contributed by atoms with Gasteiger partial charge in [-0.15, -0.1) is 0 Å². The van der Waals surface area contributed by atoms with Crippen LogP contribution in [0.3, 0.4) is 0 Å². The molecular weight excluding hydrogens is 190 g/mol. The van der Waals surface area contributed by atoms with Gasteiger partial charge in [-0.2, -0.15) is 0 Å². The van der Waals surface area contributed by atoms with Gasteiger partial charge in [-0.1, -0.05) is 6.92 Å². The molecule has 0 aromatic carbocycles. The number of ketones is 1. The summed E-state index contributed by atoms with van der Waals surface area (Å²) in [5, 5.41) is 8.96. The molecule has 1 N–H and O–H groups in total. The van der Waals surface area contributed by atoms with Gasteiger partial charge in [-0.05, 0) is 35.3 Å². The van der Waals surface area contributed by atoms with Gasteiger partial charge in [0, 0.05) is 12.6 Å². The monoisotopic (exact) mass is 203 g/mol. The van der Waals surface area contributed by atoms with Crippen molar-refractivity contribution < 1.29 is 9.90 Å². The minimum Gasteiger partial charge on any atom is -0.392 e. The van der Waals surface area contributed by atoms with Crippen LogP contribution in [0.15, 0.2) is 17.8 Å². The number of aromatic nitrogens is 1. The maximum Gasteiger partial charge on any atom is 0.163 e. The number of hydrogen-bond donors (Lipinski definition) is 1. The summed E-state index contributed by atoms with van der Waals surface area (Å²) < 4.78 is 0. The molecular formula is C12H13NO2. The fourth-order valence-corrected chi connectivity index (χ4v) is 1.76. The number of carbonyl (C=O) groups is 1. The molecule has 0 aliphatic heterocycles. The van der Waals surface area contributed by atoms with Crippen molar-refractivity contribution in [3.63, 3.8) is 0 Å². The molecule has 3 heteroatoms. The third-order valence-corrected chi connectivity index (χ3v) is 2.64. The summed E-state index contributed by atoms with van der Waals surface area (Å²) >= 11 is 0. The van der Waals surface area contributed by atoms with Gasteiger partial charge in [0.1, 0.15) is 0 Å². The minimum absolute atomic E-state index is 0.0289. The maximum absolute atomic E-state index is 11.6. The highest BCUT2D eigenvalue weighted by Crippen LogP contribution is 2.22. The van der Waals surface area contributed by atoms with E-state index in [4.69, 9.17) is 5.11 Å². The Hall–Kier alpha value is -1.48. The van der Waals surface area contributed by atoms with Crippen molar-refractivity contribution in [1.82, 2.24) is 4.98 Å². The van der Waals surface area contributed by atoms with Gasteiger partial charge in [0.25, 0.3) is 0 Å². The molecule has 0 spiro atoms. The van der Waals surface area contributed by atoms with Crippen molar-refractivity contribution in [2.75, 3.05) is 0 Å². The Balaban J connectivity index is 2.45. The first kappa shape index (κ1) is 10.1. The molecule has 1 aromatic heterocycles. The molecule has 0 saturated carbocycles. The maximum atomic E-state index is 11.6. The number of aliphatic hydroxyl groups is 1. The number of aliphatic hydroxyl groups excluding tert-OH is 1. The van der Waals surface area contributed by atoms with Gasteiger partial charge >= 0.3 is 0 Å². The van der Waals surface area contributed by atoms with E-state index in [-0.39, 0.29) is 12.4 Å².